The van der Waals surface area contributed by atoms with Gasteiger partial charge in [-0.3, -0.25) is 4.39 Å². The van der Waals surface area contributed by atoms with Crippen molar-refractivity contribution in [1.82, 2.24) is 9.97 Å². The minimum atomic E-state index is -3.37. The van der Waals surface area contributed by atoms with E-state index in [1.54, 1.807) is 12.1 Å². The molecular formula is C21H16F6N2O. The van der Waals surface area contributed by atoms with Crippen LogP contribution in [0.15, 0.2) is 42.7 Å². The molecule has 158 valence electrons. The molecule has 0 unspecified atom stereocenters. The summed E-state index contributed by atoms with van der Waals surface area (Å²) >= 11 is 0. The summed E-state index contributed by atoms with van der Waals surface area (Å²) in [4.78, 5) is 7.96. The maximum Gasteiger partial charge on any atom is 0.387 e. The summed E-state index contributed by atoms with van der Waals surface area (Å²) in [5.74, 6) is -4.43. The summed E-state index contributed by atoms with van der Waals surface area (Å²) in [6, 6.07) is 6.16. The van der Waals surface area contributed by atoms with E-state index in [1.807, 2.05) is 0 Å². The first-order valence-electron chi connectivity index (χ1n) is 9.00. The number of alkyl halides is 3. The van der Waals surface area contributed by atoms with Crippen LogP contribution in [0.3, 0.4) is 0 Å². The second-order valence-electron chi connectivity index (χ2n) is 6.40. The molecule has 3 aromatic rings. The van der Waals surface area contributed by atoms with E-state index < -0.39 is 36.5 Å². The zero-order valence-electron chi connectivity index (χ0n) is 15.5. The highest BCUT2D eigenvalue weighted by molar-refractivity contribution is 5.65. The molecule has 3 rings (SSSR count). The van der Waals surface area contributed by atoms with Crippen molar-refractivity contribution in [2.45, 2.75) is 25.9 Å². The third kappa shape index (κ3) is 5.08. The van der Waals surface area contributed by atoms with Gasteiger partial charge in [0.25, 0.3) is 0 Å². The fraction of sp³-hybridized carbons (Fsp3) is 0.238. The topological polar surface area (TPSA) is 35.0 Å². The van der Waals surface area contributed by atoms with E-state index >= 15 is 0 Å². The Morgan fingerprint density at radius 1 is 0.833 bits per heavy atom. The van der Waals surface area contributed by atoms with E-state index in [2.05, 4.69) is 14.7 Å². The summed E-state index contributed by atoms with van der Waals surface area (Å²) in [5.41, 5.74) is 1.21. The Labute approximate surface area is 168 Å². The highest BCUT2D eigenvalue weighted by atomic mass is 19.3. The molecule has 0 aliphatic rings. The zero-order chi connectivity index (χ0) is 21.7. The van der Waals surface area contributed by atoms with E-state index in [4.69, 9.17) is 0 Å². The van der Waals surface area contributed by atoms with E-state index in [0.717, 1.165) is 17.7 Å². The Bertz CT molecular complexity index is 988. The van der Waals surface area contributed by atoms with Gasteiger partial charge in [0.15, 0.2) is 23.2 Å². The highest BCUT2D eigenvalue weighted by Gasteiger charge is 2.18. The lowest BCUT2D eigenvalue weighted by Crippen LogP contribution is -2.06. The van der Waals surface area contributed by atoms with Gasteiger partial charge in [-0.1, -0.05) is 12.1 Å². The molecule has 0 aliphatic carbocycles. The van der Waals surface area contributed by atoms with Crippen LogP contribution >= 0.6 is 0 Å². The van der Waals surface area contributed by atoms with Crippen LogP contribution in [0.1, 0.15) is 18.4 Å². The molecule has 1 aromatic heterocycles. The van der Waals surface area contributed by atoms with E-state index in [1.165, 1.54) is 18.5 Å². The molecule has 3 nitrogen and oxygen atoms in total. The molecule has 0 aliphatic heterocycles. The third-order valence-electron chi connectivity index (χ3n) is 4.31. The number of hydrogen-bond donors (Lipinski definition) is 0. The zero-order valence-corrected chi connectivity index (χ0v) is 15.5. The number of rotatable bonds is 8. The average molecular weight is 426 g/mol. The van der Waals surface area contributed by atoms with Crippen molar-refractivity contribution in [2.75, 3.05) is 6.67 Å². The smallest absolute Gasteiger partial charge is 0.387 e. The Hall–Kier alpha value is -3.10. The van der Waals surface area contributed by atoms with Gasteiger partial charge < -0.3 is 4.74 Å². The maximum atomic E-state index is 14.4. The number of aryl methyl sites for hydroxylation is 1. The van der Waals surface area contributed by atoms with Crippen molar-refractivity contribution < 1.29 is 31.1 Å². The van der Waals surface area contributed by atoms with Crippen LogP contribution in [0.5, 0.6) is 5.75 Å². The van der Waals surface area contributed by atoms with Crippen molar-refractivity contribution in [3.8, 4) is 28.3 Å². The lowest BCUT2D eigenvalue weighted by atomic mass is 10.0. The molecule has 2 aromatic carbocycles. The van der Waals surface area contributed by atoms with Crippen molar-refractivity contribution >= 4 is 0 Å². The van der Waals surface area contributed by atoms with Crippen LogP contribution < -0.4 is 4.74 Å². The van der Waals surface area contributed by atoms with Crippen LogP contribution in [0.2, 0.25) is 0 Å². The molecular weight excluding hydrogens is 410 g/mol. The third-order valence-corrected chi connectivity index (χ3v) is 4.31. The van der Waals surface area contributed by atoms with Crippen LogP contribution in [-0.4, -0.2) is 23.3 Å². The molecule has 0 atom stereocenters. The van der Waals surface area contributed by atoms with Crippen molar-refractivity contribution in [3.63, 3.8) is 0 Å². The summed E-state index contributed by atoms with van der Waals surface area (Å²) < 4.78 is 82.6. The molecule has 0 amide bonds. The summed E-state index contributed by atoms with van der Waals surface area (Å²) in [6.07, 6.45) is 4.14. The average Bonchev–Trinajstić information content (AvgIpc) is 2.71. The number of benzene rings is 2. The lowest BCUT2D eigenvalue weighted by Gasteiger charge is -2.09. The quantitative estimate of drug-likeness (QED) is 0.322. The van der Waals surface area contributed by atoms with Crippen molar-refractivity contribution in [2.24, 2.45) is 0 Å². The number of hydrogen-bond acceptors (Lipinski definition) is 3. The van der Waals surface area contributed by atoms with Crippen LogP contribution in [0, 0.1) is 17.5 Å². The number of ether oxygens (including phenoxy) is 1. The fourth-order valence-electron chi connectivity index (χ4n) is 2.88. The SMILES string of the molecule is FCCCCc1ccc(-c2cnc(-c3cc(F)c(OC(F)F)c(F)c3)nc2)c(F)c1. The van der Waals surface area contributed by atoms with Gasteiger partial charge in [0.1, 0.15) is 5.82 Å². The first-order chi connectivity index (χ1) is 14.4. The van der Waals surface area contributed by atoms with Gasteiger partial charge in [-0.2, -0.15) is 8.78 Å². The van der Waals surface area contributed by atoms with Gasteiger partial charge in [-0.15, -0.1) is 0 Å². The fourth-order valence-corrected chi connectivity index (χ4v) is 2.88. The normalized spacial score (nSPS) is 11.2. The molecule has 0 saturated heterocycles. The van der Waals surface area contributed by atoms with Gasteiger partial charge in [-0.05, 0) is 43.0 Å². The minimum Gasteiger partial charge on any atom is -0.429 e. The maximum absolute atomic E-state index is 14.4. The van der Waals surface area contributed by atoms with Crippen molar-refractivity contribution in [1.29, 1.82) is 0 Å². The van der Waals surface area contributed by atoms with Gasteiger partial charge in [0.05, 0.1) is 6.67 Å². The number of aromatic nitrogens is 2. The van der Waals surface area contributed by atoms with Crippen LogP contribution in [-0.2, 0) is 6.42 Å². The number of unbranched alkanes of at least 4 members (excludes halogenated alkanes) is 1. The van der Waals surface area contributed by atoms with E-state index in [-0.39, 0.29) is 17.0 Å². The minimum absolute atomic E-state index is 0.0802. The molecule has 0 fully saturated rings. The largest absolute Gasteiger partial charge is 0.429 e. The standard InChI is InChI=1S/C21H16F6N2O/c22-6-2-1-3-12-4-5-15(16(23)7-12)14-10-28-20(29-11-14)13-8-17(24)19(18(25)9-13)30-21(26)27/h4-5,7-11,21H,1-3,6H2. The van der Waals surface area contributed by atoms with Gasteiger partial charge in [-0.25, -0.2) is 23.1 Å². The van der Waals surface area contributed by atoms with Crippen LogP contribution in [0.25, 0.3) is 22.5 Å². The molecule has 0 N–H and O–H groups in total. The van der Waals surface area contributed by atoms with Gasteiger partial charge in [0.2, 0.25) is 0 Å². The molecule has 0 spiro atoms. The predicted molar refractivity (Wildman–Crippen MR) is 98.3 cm³/mol. The number of halogens is 6. The van der Waals surface area contributed by atoms with E-state index in [9.17, 15) is 26.3 Å². The summed E-state index contributed by atoms with van der Waals surface area (Å²) in [6.45, 7) is -3.79. The summed E-state index contributed by atoms with van der Waals surface area (Å²) in [7, 11) is 0. The first-order valence-corrected chi connectivity index (χ1v) is 9.00. The van der Waals surface area contributed by atoms with Gasteiger partial charge in [0, 0.05) is 29.1 Å². The lowest BCUT2D eigenvalue weighted by molar-refractivity contribution is -0.0546. The van der Waals surface area contributed by atoms with Crippen molar-refractivity contribution in [3.05, 3.63) is 65.7 Å². The Morgan fingerprint density at radius 2 is 1.50 bits per heavy atom. The number of nitrogens with zero attached hydrogens (tertiary/aromatic N) is 2. The second-order valence-corrected chi connectivity index (χ2v) is 6.40. The Kier molecular flexibility index (Phi) is 6.91. The summed E-state index contributed by atoms with van der Waals surface area (Å²) in [5, 5.41) is 0. The highest BCUT2D eigenvalue weighted by Crippen LogP contribution is 2.29. The van der Waals surface area contributed by atoms with E-state index in [0.29, 0.717) is 24.8 Å². The Balaban J connectivity index is 1.81. The molecule has 0 bridgehead atoms. The first kappa shape index (κ1) is 21.6. The molecule has 0 radical (unpaired) electrons. The van der Waals surface area contributed by atoms with Crippen LogP contribution in [0.4, 0.5) is 26.3 Å². The Morgan fingerprint density at radius 3 is 2.07 bits per heavy atom. The molecule has 1 heterocycles. The van der Waals surface area contributed by atoms with Gasteiger partial charge >= 0.3 is 6.61 Å². The predicted octanol–water partition coefficient (Wildman–Crippen LogP) is 6.12. The molecule has 0 saturated carbocycles. The molecule has 9 heteroatoms. The second kappa shape index (κ2) is 9.60. The molecule has 30 heavy (non-hydrogen) atoms. The monoisotopic (exact) mass is 426 g/mol.